The molecule has 4 rings (SSSR count). The second-order valence-corrected chi connectivity index (χ2v) is 13.3. The molecule has 0 saturated heterocycles. The van der Waals surface area contributed by atoms with Gasteiger partial charge in [-0.1, -0.05) is 85.1 Å². The van der Waals surface area contributed by atoms with Crippen molar-refractivity contribution in [2.75, 3.05) is 24.5 Å². The molecule has 0 aromatic heterocycles. The summed E-state index contributed by atoms with van der Waals surface area (Å²) in [5, 5.41) is 3.80. The molecule has 0 aliphatic rings. The maximum Gasteiger partial charge on any atom is 0.264 e. The number of carbonyl (C=O) groups excluding carboxylic acids is 2. The third-order valence-corrected chi connectivity index (χ3v) is 9.85. The number of hydrogen-bond acceptors (Lipinski definition) is 5. The van der Waals surface area contributed by atoms with Gasteiger partial charge in [-0.25, -0.2) is 8.42 Å². The Morgan fingerprint density at radius 3 is 2.15 bits per heavy atom. The molecule has 4 aromatic carbocycles. The number of anilines is 1. The number of amides is 2. The maximum absolute atomic E-state index is 14.5. The lowest BCUT2D eigenvalue weighted by atomic mass is 10.0. The number of ether oxygens (including phenoxy) is 1. The number of methoxy groups -OCH3 is 1. The maximum atomic E-state index is 14.5. The van der Waals surface area contributed by atoms with E-state index in [1.807, 2.05) is 37.3 Å². The summed E-state index contributed by atoms with van der Waals surface area (Å²) in [5.41, 5.74) is 1.70. The summed E-state index contributed by atoms with van der Waals surface area (Å²) in [6.07, 6.45) is 1.86. The Bertz CT molecular complexity index is 1700. The standard InChI is InChI=1S/C35H37Cl2N3O5S/c1-3-4-22-38-35(42)33(23-26-10-6-5-7-11-26)39(24-27-12-8-9-13-32(27)37)34(41)25-40(29-16-14-28(36)15-17-29)46(43,44)31-20-18-30(45-2)19-21-31/h5-21,33H,3-4,22-25H2,1-2H3,(H,38,42). The first-order chi connectivity index (χ1) is 22.1. The van der Waals surface area contributed by atoms with Crippen LogP contribution in [0.5, 0.6) is 5.75 Å². The Morgan fingerprint density at radius 2 is 1.52 bits per heavy atom. The third kappa shape index (κ3) is 9.02. The van der Waals surface area contributed by atoms with Crippen molar-refractivity contribution in [3.05, 3.63) is 124 Å². The van der Waals surface area contributed by atoms with Gasteiger partial charge >= 0.3 is 0 Å². The average Bonchev–Trinajstić information content (AvgIpc) is 3.07. The Hall–Kier alpha value is -4.05. The number of halogens is 2. The van der Waals surface area contributed by atoms with Crippen molar-refractivity contribution in [3.63, 3.8) is 0 Å². The van der Waals surface area contributed by atoms with Gasteiger partial charge in [-0.15, -0.1) is 0 Å². The lowest BCUT2D eigenvalue weighted by Gasteiger charge is -2.34. The minimum atomic E-state index is -4.26. The molecular formula is C35H37Cl2N3O5S. The number of rotatable bonds is 15. The monoisotopic (exact) mass is 681 g/mol. The van der Waals surface area contributed by atoms with Crippen molar-refractivity contribution in [3.8, 4) is 5.75 Å². The molecule has 2 amide bonds. The third-order valence-electron chi connectivity index (χ3n) is 7.44. The first-order valence-electron chi connectivity index (χ1n) is 14.9. The highest BCUT2D eigenvalue weighted by Crippen LogP contribution is 2.28. The number of sulfonamides is 1. The van der Waals surface area contributed by atoms with E-state index in [2.05, 4.69) is 5.32 Å². The number of unbranched alkanes of at least 4 members (excludes halogenated alkanes) is 1. The molecule has 8 nitrogen and oxygen atoms in total. The summed E-state index contributed by atoms with van der Waals surface area (Å²) in [7, 11) is -2.78. The SMILES string of the molecule is CCCCNC(=O)C(Cc1ccccc1)N(Cc1ccccc1Cl)C(=O)CN(c1ccc(Cl)cc1)S(=O)(=O)c1ccc(OC)cc1. The number of nitrogens with zero attached hydrogens (tertiary/aromatic N) is 2. The average molecular weight is 683 g/mol. The Balaban J connectivity index is 1.79. The zero-order chi connectivity index (χ0) is 33.1. The topological polar surface area (TPSA) is 96.0 Å². The molecule has 11 heteroatoms. The first kappa shape index (κ1) is 34.8. The predicted octanol–water partition coefficient (Wildman–Crippen LogP) is 6.75. The van der Waals surface area contributed by atoms with Gasteiger partial charge in [0.25, 0.3) is 10.0 Å². The molecule has 0 bridgehead atoms. The van der Waals surface area contributed by atoms with Crippen LogP contribution in [-0.2, 0) is 32.6 Å². The van der Waals surface area contributed by atoms with Gasteiger partial charge in [-0.05, 0) is 72.1 Å². The lowest BCUT2D eigenvalue weighted by Crippen LogP contribution is -2.53. The van der Waals surface area contributed by atoms with Crippen molar-refractivity contribution < 1.29 is 22.7 Å². The summed E-state index contributed by atoms with van der Waals surface area (Å²) >= 11 is 12.7. The second-order valence-electron chi connectivity index (χ2n) is 10.6. The molecule has 0 fully saturated rings. The number of carbonyl (C=O) groups is 2. The van der Waals surface area contributed by atoms with E-state index in [0.717, 1.165) is 22.7 Å². The molecule has 0 aliphatic carbocycles. The fraction of sp³-hybridized carbons (Fsp3) is 0.257. The second kappa shape index (κ2) is 16.5. The van der Waals surface area contributed by atoms with Gasteiger partial charge in [-0.3, -0.25) is 13.9 Å². The number of nitrogens with one attached hydrogen (secondary N) is 1. The van der Waals surface area contributed by atoms with Crippen molar-refractivity contribution >= 4 is 50.7 Å². The van der Waals surface area contributed by atoms with Crippen LogP contribution in [0.2, 0.25) is 10.0 Å². The first-order valence-corrected chi connectivity index (χ1v) is 17.1. The van der Waals surface area contributed by atoms with Crippen molar-refractivity contribution in [2.45, 2.75) is 43.7 Å². The summed E-state index contributed by atoms with van der Waals surface area (Å²) in [6.45, 7) is 1.86. The van der Waals surface area contributed by atoms with Crippen LogP contribution >= 0.6 is 23.2 Å². The smallest absolute Gasteiger partial charge is 0.264 e. The minimum absolute atomic E-state index is 0.0196. The van der Waals surface area contributed by atoms with Crippen LogP contribution in [0.15, 0.2) is 108 Å². The van der Waals surface area contributed by atoms with E-state index < -0.39 is 28.5 Å². The molecular weight excluding hydrogens is 645 g/mol. The fourth-order valence-corrected chi connectivity index (χ4v) is 6.62. The van der Waals surface area contributed by atoms with Crippen LogP contribution in [-0.4, -0.2) is 51.4 Å². The van der Waals surface area contributed by atoms with Gasteiger partial charge in [-0.2, -0.15) is 0 Å². The van der Waals surface area contributed by atoms with E-state index in [0.29, 0.717) is 27.9 Å². The predicted molar refractivity (Wildman–Crippen MR) is 183 cm³/mol. The van der Waals surface area contributed by atoms with E-state index in [1.54, 1.807) is 36.4 Å². The van der Waals surface area contributed by atoms with E-state index >= 15 is 0 Å². The number of benzene rings is 4. The normalized spacial score (nSPS) is 11.8. The van der Waals surface area contributed by atoms with Gasteiger partial charge in [0, 0.05) is 29.6 Å². The lowest BCUT2D eigenvalue weighted by molar-refractivity contribution is -0.140. The molecule has 242 valence electrons. The summed E-state index contributed by atoms with van der Waals surface area (Å²) in [4.78, 5) is 29.7. The van der Waals surface area contributed by atoms with Crippen molar-refractivity contribution in [1.29, 1.82) is 0 Å². The van der Waals surface area contributed by atoms with Gasteiger partial charge in [0.05, 0.1) is 17.7 Å². The number of hydrogen-bond donors (Lipinski definition) is 1. The Labute approximate surface area is 280 Å². The summed E-state index contributed by atoms with van der Waals surface area (Å²) < 4.78 is 34.5. The highest BCUT2D eigenvalue weighted by atomic mass is 35.5. The molecule has 0 saturated carbocycles. The van der Waals surface area contributed by atoms with Crippen LogP contribution in [0.4, 0.5) is 5.69 Å². The van der Waals surface area contributed by atoms with Gasteiger partial charge in [0.2, 0.25) is 11.8 Å². The van der Waals surface area contributed by atoms with E-state index in [-0.39, 0.29) is 29.5 Å². The highest BCUT2D eigenvalue weighted by Gasteiger charge is 2.35. The van der Waals surface area contributed by atoms with E-state index in [9.17, 15) is 18.0 Å². The van der Waals surface area contributed by atoms with Crippen molar-refractivity contribution in [1.82, 2.24) is 10.2 Å². The molecule has 1 unspecified atom stereocenters. The summed E-state index contributed by atoms with van der Waals surface area (Å²) in [5.74, 6) is -0.441. The van der Waals surface area contributed by atoms with Crippen LogP contribution < -0.4 is 14.4 Å². The molecule has 46 heavy (non-hydrogen) atoms. The van der Waals surface area contributed by atoms with Crippen molar-refractivity contribution in [2.24, 2.45) is 0 Å². The van der Waals surface area contributed by atoms with E-state index in [4.69, 9.17) is 27.9 Å². The highest BCUT2D eigenvalue weighted by molar-refractivity contribution is 7.92. The summed E-state index contributed by atoms with van der Waals surface area (Å²) in [6, 6.07) is 27.6. The van der Waals surface area contributed by atoms with E-state index in [1.165, 1.54) is 48.4 Å². The van der Waals surface area contributed by atoms with Crippen LogP contribution in [0, 0.1) is 0 Å². The molecule has 0 radical (unpaired) electrons. The zero-order valence-electron chi connectivity index (χ0n) is 25.7. The molecule has 0 spiro atoms. The van der Waals surface area contributed by atoms with Crippen LogP contribution in [0.3, 0.4) is 0 Å². The van der Waals surface area contributed by atoms with Gasteiger partial charge in [0.15, 0.2) is 0 Å². The quantitative estimate of drug-likeness (QED) is 0.140. The Morgan fingerprint density at radius 1 is 0.870 bits per heavy atom. The Kier molecular flexibility index (Phi) is 12.5. The van der Waals surface area contributed by atoms with Gasteiger partial charge < -0.3 is 15.0 Å². The molecule has 4 aromatic rings. The van der Waals surface area contributed by atoms with Gasteiger partial charge in [0.1, 0.15) is 18.3 Å². The van der Waals surface area contributed by atoms with Crippen LogP contribution in [0.25, 0.3) is 0 Å². The molecule has 1 atom stereocenters. The largest absolute Gasteiger partial charge is 0.497 e. The molecule has 1 N–H and O–H groups in total. The zero-order valence-corrected chi connectivity index (χ0v) is 28.1. The fourth-order valence-electron chi connectivity index (χ4n) is 4.88. The van der Waals surface area contributed by atoms with Crippen LogP contribution in [0.1, 0.15) is 30.9 Å². The minimum Gasteiger partial charge on any atom is -0.497 e. The molecule has 0 aliphatic heterocycles. The molecule has 0 heterocycles.